The summed E-state index contributed by atoms with van der Waals surface area (Å²) in [6.45, 7) is 2.11. The van der Waals surface area contributed by atoms with Gasteiger partial charge in [0.25, 0.3) is 0 Å². The Balaban J connectivity index is 2.29. The fourth-order valence-corrected chi connectivity index (χ4v) is 2.77. The average molecular weight is 256 g/mol. The van der Waals surface area contributed by atoms with Crippen molar-refractivity contribution < 1.29 is 19.4 Å². The third-order valence-corrected chi connectivity index (χ3v) is 3.90. The molecule has 1 aliphatic rings. The van der Waals surface area contributed by atoms with Gasteiger partial charge < -0.3 is 14.6 Å². The van der Waals surface area contributed by atoms with Crippen molar-refractivity contribution in [3.8, 4) is 0 Å². The second-order valence-corrected chi connectivity index (χ2v) is 5.18. The summed E-state index contributed by atoms with van der Waals surface area (Å²) >= 11 is 0. The minimum Gasteiger partial charge on any atom is -0.481 e. The second-order valence-electron chi connectivity index (χ2n) is 5.18. The Morgan fingerprint density at radius 3 is 2.89 bits per heavy atom. The van der Waals surface area contributed by atoms with Gasteiger partial charge in [-0.05, 0) is 38.0 Å². The van der Waals surface area contributed by atoms with Crippen LogP contribution >= 0.6 is 0 Å². The third-order valence-electron chi connectivity index (χ3n) is 3.90. The lowest BCUT2D eigenvalue weighted by Crippen LogP contribution is -2.24. The lowest BCUT2D eigenvalue weighted by atomic mass is 9.82. The highest BCUT2D eigenvalue weighted by molar-refractivity contribution is 5.69. The summed E-state index contributed by atoms with van der Waals surface area (Å²) in [4.78, 5) is 21.2. The zero-order chi connectivity index (χ0) is 13.4. The van der Waals surface area contributed by atoms with E-state index in [2.05, 4.69) is 0 Å². The van der Waals surface area contributed by atoms with E-state index in [0.717, 1.165) is 44.8 Å². The molecular weight excluding hydrogens is 232 g/mol. The minimum atomic E-state index is -0.679. The van der Waals surface area contributed by atoms with Crippen LogP contribution in [0.25, 0.3) is 0 Å². The van der Waals surface area contributed by atoms with Crippen molar-refractivity contribution in [2.45, 2.75) is 58.0 Å². The minimum absolute atomic E-state index is 0.185. The van der Waals surface area contributed by atoms with Gasteiger partial charge >= 0.3 is 5.97 Å². The number of carbonyl (C=O) groups excluding carboxylic acids is 1. The number of aldehydes is 1. The number of rotatable bonds is 8. The number of ether oxygens (including phenoxy) is 1. The standard InChI is InChI=1S/C14H24O4/c1-2-12(14(16)17)7-6-11-4-3-5-13(10-11)18-9-8-15/h8,11-13H,2-7,9-10H2,1H3,(H,16,17). The second kappa shape index (κ2) is 8.25. The van der Waals surface area contributed by atoms with Crippen LogP contribution in [0.2, 0.25) is 0 Å². The van der Waals surface area contributed by atoms with Crippen molar-refractivity contribution in [1.29, 1.82) is 0 Å². The predicted molar refractivity (Wildman–Crippen MR) is 68.4 cm³/mol. The Hall–Kier alpha value is -0.900. The van der Waals surface area contributed by atoms with Crippen LogP contribution < -0.4 is 0 Å². The molecule has 1 fully saturated rings. The molecule has 18 heavy (non-hydrogen) atoms. The van der Waals surface area contributed by atoms with Crippen molar-refractivity contribution in [3.63, 3.8) is 0 Å². The van der Waals surface area contributed by atoms with Gasteiger partial charge in [-0.15, -0.1) is 0 Å². The van der Waals surface area contributed by atoms with Crippen molar-refractivity contribution >= 4 is 12.3 Å². The molecule has 104 valence electrons. The van der Waals surface area contributed by atoms with Gasteiger partial charge in [0.1, 0.15) is 12.9 Å². The van der Waals surface area contributed by atoms with Gasteiger partial charge in [0.15, 0.2) is 0 Å². The molecule has 3 unspecified atom stereocenters. The number of carbonyl (C=O) groups is 2. The number of hydrogen-bond acceptors (Lipinski definition) is 3. The van der Waals surface area contributed by atoms with E-state index in [9.17, 15) is 9.59 Å². The summed E-state index contributed by atoms with van der Waals surface area (Å²) in [5.41, 5.74) is 0. The molecular formula is C14H24O4. The Morgan fingerprint density at radius 2 is 2.28 bits per heavy atom. The van der Waals surface area contributed by atoms with Crippen LogP contribution in [0, 0.1) is 11.8 Å². The summed E-state index contributed by atoms with van der Waals surface area (Å²) in [6.07, 6.45) is 7.70. The summed E-state index contributed by atoms with van der Waals surface area (Å²) in [6, 6.07) is 0. The van der Waals surface area contributed by atoms with Crippen LogP contribution in [0.1, 0.15) is 51.9 Å². The van der Waals surface area contributed by atoms with E-state index in [-0.39, 0.29) is 18.6 Å². The van der Waals surface area contributed by atoms with Gasteiger partial charge in [0, 0.05) is 0 Å². The Kier molecular flexibility index (Phi) is 6.94. The largest absolute Gasteiger partial charge is 0.481 e. The molecule has 0 amide bonds. The molecule has 0 aromatic carbocycles. The molecule has 0 radical (unpaired) electrons. The highest BCUT2D eigenvalue weighted by atomic mass is 16.5. The van der Waals surface area contributed by atoms with E-state index in [1.807, 2.05) is 6.92 Å². The Labute approximate surface area is 109 Å². The summed E-state index contributed by atoms with van der Waals surface area (Å²) in [5, 5.41) is 9.01. The Bertz CT molecular complexity index is 265. The number of carboxylic acids is 1. The topological polar surface area (TPSA) is 63.6 Å². The molecule has 0 aliphatic heterocycles. The molecule has 0 aromatic rings. The number of carboxylic acid groups (broad SMARTS) is 1. The molecule has 0 spiro atoms. The quantitative estimate of drug-likeness (QED) is 0.678. The molecule has 1 N–H and O–H groups in total. The van der Waals surface area contributed by atoms with Crippen LogP contribution in [-0.2, 0) is 14.3 Å². The highest BCUT2D eigenvalue weighted by Crippen LogP contribution is 2.31. The van der Waals surface area contributed by atoms with E-state index in [1.165, 1.54) is 0 Å². The van der Waals surface area contributed by atoms with Crippen LogP contribution in [0.3, 0.4) is 0 Å². The first-order chi connectivity index (χ1) is 8.67. The zero-order valence-corrected chi connectivity index (χ0v) is 11.1. The molecule has 3 atom stereocenters. The van der Waals surface area contributed by atoms with Gasteiger partial charge in [-0.3, -0.25) is 4.79 Å². The maximum absolute atomic E-state index is 10.9. The first-order valence-corrected chi connectivity index (χ1v) is 6.95. The molecule has 0 aromatic heterocycles. The first kappa shape index (κ1) is 15.2. The maximum Gasteiger partial charge on any atom is 0.306 e. The van der Waals surface area contributed by atoms with Gasteiger partial charge in [-0.1, -0.05) is 19.8 Å². The van der Waals surface area contributed by atoms with Gasteiger partial charge in [-0.2, -0.15) is 0 Å². The van der Waals surface area contributed by atoms with E-state index >= 15 is 0 Å². The van der Waals surface area contributed by atoms with Crippen molar-refractivity contribution in [2.24, 2.45) is 11.8 Å². The van der Waals surface area contributed by atoms with Crippen molar-refractivity contribution in [2.75, 3.05) is 6.61 Å². The monoisotopic (exact) mass is 256 g/mol. The molecule has 0 bridgehead atoms. The van der Waals surface area contributed by atoms with Gasteiger partial charge in [0.05, 0.1) is 12.0 Å². The lowest BCUT2D eigenvalue weighted by molar-refractivity contribution is -0.142. The molecule has 4 nitrogen and oxygen atoms in total. The van der Waals surface area contributed by atoms with E-state index in [1.54, 1.807) is 0 Å². The van der Waals surface area contributed by atoms with E-state index in [0.29, 0.717) is 12.3 Å². The van der Waals surface area contributed by atoms with Crippen LogP contribution in [0.15, 0.2) is 0 Å². The summed E-state index contributed by atoms with van der Waals surface area (Å²) in [7, 11) is 0. The highest BCUT2D eigenvalue weighted by Gasteiger charge is 2.24. The smallest absolute Gasteiger partial charge is 0.306 e. The summed E-state index contributed by atoms with van der Waals surface area (Å²) in [5.74, 6) is -0.327. The third kappa shape index (κ3) is 5.17. The van der Waals surface area contributed by atoms with Crippen LogP contribution in [0.5, 0.6) is 0 Å². The average Bonchev–Trinajstić information content (AvgIpc) is 2.37. The maximum atomic E-state index is 10.9. The fraction of sp³-hybridized carbons (Fsp3) is 0.857. The van der Waals surface area contributed by atoms with E-state index in [4.69, 9.17) is 9.84 Å². The summed E-state index contributed by atoms with van der Waals surface area (Å²) < 4.78 is 5.46. The molecule has 1 rings (SSSR count). The molecule has 1 saturated carbocycles. The van der Waals surface area contributed by atoms with Crippen LogP contribution in [-0.4, -0.2) is 30.1 Å². The Morgan fingerprint density at radius 1 is 1.50 bits per heavy atom. The van der Waals surface area contributed by atoms with Crippen LogP contribution in [0.4, 0.5) is 0 Å². The molecule has 0 heterocycles. The fourth-order valence-electron chi connectivity index (χ4n) is 2.77. The van der Waals surface area contributed by atoms with E-state index < -0.39 is 5.97 Å². The predicted octanol–water partition coefficient (Wildman–Crippen LogP) is 2.65. The van der Waals surface area contributed by atoms with Gasteiger partial charge in [0.2, 0.25) is 0 Å². The number of aliphatic carboxylic acids is 1. The first-order valence-electron chi connectivity index (χ1n) is 6.95. The zero-order valence-electron chi connectivity index (χ0n) is 11.1. The molecule has 0 saturated heterocycles. The van der Waals surface area contributed by atoms with Crippen molar-refractivity contribution in [3.05, 3.63) is 0 Å². The molecule has 1 aliphatic carbocycles. The number of hydrogen-bond donors (Lipinski definition) is 1. The van der Waals surface area contributed by atoms with Gasteiger partial charge in [-0.25, -0.2) is 0 Å². The van der Waals surface area contributed by atoms with Crippen molar-refractivity contribution in [1.82, 2.24) is 0 Å². The molecule has 4 heteroatoms. The lowest BCUT2D eigenvalue weighted by Gasteiger charge is -2.29. The normalized spacial score (nSPS) is 25.6. The SMILES string of the molecule is CCC(CCC1CCCC(OCC=O)C1)C(=O)O.